The third-order valence-corrected chi connectivity index (χ3v) is 2.45. The predicted molar refractivity (Wildman–Crippen MR) is 54.7 cm³/mol. The molecule has 0 N–H and O–H groups in total. The maximum atomic E-state index is 11.0. The SMILES string of the molecule is CCC(C)C(C=C(C)C(C)=O)OC. The number of carbonyl (C=O) groups excluding carboxylic acids is 1. The molecular formula is C11H20O2. The van der Waals surface area contributed by atoms with Gasteiger partial charge in [-0.25, -0.2) is 0 Å². The van der Waals surface area contributed by atoms with Gasteiger partial charge in [0.1, 0.15) is 0 Å². The highest BCUT2D eigenvalue weighted by molar-refractivity contribution is 5.92. The molecule has 0 aliphatic rings. The van der Waals surface area contributed by atoms with Crippen molar-refractivity contribution in [2.45, 2.75) is 40.2 Å². The molecule has 0 saturated carbocycles. The molecule has 0 aromatic carbocycles. The molecule has 2 heteroatoms. The normalized spacial score (nSPS) is 16.8. The molecule has 0 aliphatic carbocycles. The van der Waals surface area contributed by atoms with Crippen LogP contribution in [0.15, 0.2) is 11.6 Å². The monoisotopic (exact) mass is 184 g/mol. The number of methoxy groups -OCH3 is 1. The highest BCUT2D eigenvalue weighted by atomic mass is 16.5. The van der Waals surface area contributed by atoms with Crippen LogP contribution in [-0.4, -0.2) is 19.0 Å². The first-order valence-electron chi connectivity index (χ1n) is 4.75. The number of hydrogen-bond acceptors (Lipinski definition) is 2. The van der Waals surface area contributed by atoms with Gasteiger partial charge in [-0.05, 0) is 31.4 Å². The molecule has 0 fully saturated rings. The predicted octanol–water partition coefficient (Wildman–Crippen LogP) is 2.58. The summed E-state index contributed by atoms with van der Waals surface area (Å²) in [6.07, 6.45) is 3.03. The minimum atomic E-state index is 0.0638. The molecule has 0 aromatic rings. The van der Waals surface area contributed by atoms with Crippen molar-refractivity contribution in [3.8, 4) is 0 Å². The third kappa shape index (κ3) is 4.23. The average Bonchev–Trinajstić information content (AvgIpc) is 2.12. The van der Waals surface area contributed by atoms with E-state index in [1.165, 1.54) is 0 Å². The van der Waals surface area contributed by atoms with E-state index in [-0.39, 0.29) is 11.9 Å². The molecule has 13 heavy (non-hydrogen) atoms. The summed E-state index contributed by atoms with van der Waals surface area (Å²) in [6, 6.07) is 0. The molecule has 2 nitrogen and oxygen atoms in total. The van der Waals surface area contributed by atoms with Gasteiger partial charge in [0.25, 0.3) is 0 Å². The highest BCUT2D eigenvalue weighted by Gasteiger charge is 2.12. The lowest BCUT2D eigenvalue weighted by Gasteiger charge is -2.18. The number of allylic oxidation sites excluding steroid dienone is 1. The molecule has 0 amide bonds. The van der Waals surface area contributed by atoms with Gasteiger partial charge < -0.3 is 4.74 Å². The second-order valence-electron chi connectivity index (χ2n) is 3.49. The molecular weight excluding hydrogens is 164 g/mol. The minimum absolute atomic E-state index is 0.0638. The molecule has 0 bridgehead atoms. The fourth-order valence-corrected chi connectivity index (χ4v) is 1.06. The fraction of sp³-hybridized carbons (Fsp3) is 0.727. The maximum Gasteiger partial charge on any atom is 0.155 e. The van der Waals surface area contributed by atoms with Gasteiger partial charge in [0.2, 0.25) is 0 Å². The summed E-state index contributed by atoms with van der Waals surface area (Å²) < 4.78 is 5.30. The zero-order valence-corrected chi connectivity index (χ0v) is 9.26. The number of Topliss-reactive ketones (excluding diaryl/α,β-unsaturated/α-hetero) is 1. The van der Waals surface area contributed by atoms with Gasteiger partial charge in [0, 0.05) is 7.11 Å². The van der Waals surface area contributed by atoms with Crippen molar-refractivity contribution >= 4 is 5.78 Å². The number of carbonyl (C=O) groups is 1. The van der Waals surface area contributed by atoms with Gasteiger partial charge in [-0.1, -0.05) is 20.3 Å². The van der Waals surface area contributed by atoms with Crippen molar-refractivity contribution in [2.24, 2.45) is 5.92 Å². The van der Waals surface area contributed by atoms with Crippen molar-refractivity contribution in [3.63, 3.8) is 0 Å². The van der Waals surface area contributed by atoms with Crippen LogP contribution in [0.3, 0.4) is 0 Å². The number of rotatable bonds is 5. The lowest BCUT2D eigenvalue weighted by atomic mass is 9.99. The van der Waals surface area contributed by atoms with Gasteiger partial charge in [-0.2, -0.15) is 0 Å². The molecule has 2 atom stereocenters. The van der Waals surface area contributed by atoms with Crippen molar-refractivity contribution in [1.29, 1.82) is 0 Å². The average molecular weight is 184 g/mol. The largest absolute Gasteiger partial charge is 0.377 e. The van der Waals surface area contributed by atoms with Gasteiger partial charge >= 0.3 is 0 Å². The van der Waals surface area contributed by atoms with Crippen LogP contribution in [0.1, 0.15) is 34.1 Å². The zero-order valence-electron chi connectivity index (χ0n) is 9.26. The van der Waals surface area contributed by atoms with Crippen LogP contribution in [-0.2, 0) is 9.53 Å². The Morgan fingerprint density at radius 2 is 2.00 bits per heavy atom. The van der Waals surface area contributed by atoms with E-state index in [4.69, 9.17) is 4.74 Å². The van der Waals surface area contributed by atoms with Gasteiger partial charge in [0.05, 0.1) is 6.10 Å². The first-order valence-corrected chi connectivity index (χ1v) is 4.75. The van der Waals surface area contributed by atoms with Crippen LogP contribution in [0.25, 0.3) is 0 Å². The van der Waals surface area contributed by atoms with Crippen molar-refractivity contribution in [2.75, 3.05) is 7.11 Å². The smallest absolute Gasteiger partial charge is 0.155 e. The van der Waals surface area contributed by atoms with Crippen LogP contribution in [0.5, 0.6) is 0 Å². The fourth-order valence-electron chi connectivity index (χ4n) is 1.06. The van der Waals surface area contributed by atoms with Crippen molar-refractivity contribution in [3.05, 3.63) is 11.6 Å². The molecule has 0 spiro atoms. The Kier molecular flexibility index (Phi) is 5.63. The van der Waals surface area contributed by atoms with Crippen LogP contribution < -0.4 is 0 Å². The quantitative estimate of drug-likeness (QED) is 0.614. The molecule has 0 aliphatic heterocycles. The highest BCUT2D eigenvalue weighted by Crippen LogP contribution is 2.13. The van der Waals surface area contributed by atoms with Crippen molar-refractivity contribution in [1.82, 2.24) is 0 Å². The van der Waals surface area contributed by atoms with Crippen LogP contribution in [0, 0.1) is 5.92 Å². The summed E-state index contributed by atoms with van der Waals surface area (Å²) in [7, 11) is 1.68. The van der Waals surface area contributed by atoms with Crippen LogP contribution >= 0.6 is 0 Å². The van der Waals surface area contributed by atoms with Gasteiger partial charge in [-0.3, -0.25) is 4.79 Å². The Morgan fingerprint density at radius 1 is 1.46 bits per heavy atom. The maximum absolute atomic E-state index is 11.0. The molecule has 0 aromatic heterocycles. The van der Waals surface area contributed by atoms with Crippen LogP contribution in [0.2, 0.25) is 0 Å². The summed E-state index contributed by atoms with van der Waals surface area (Å²) in [5.74, 6) is 0.574. The third-order valence-electron chi connectivity index (χ3n) is 2.45. The lowest BCUT2D eigenvalue weighted by molar-refractivity contribution is -0.113. The molecule has 0 rings (SSSR count). The molecule has 0 heterocycles. The summed E-state index contributed by atoms with van der Waals surface area (Å²) in [4.78, 5) is 11.0. The summed E-state index contributed by atoms with van der Waals surface area (Å²) in [5.41, 5.74) is 0.784. The van der Waals surface area contributed by atoms with E-state index in [1.54, 1.807) is 14.0 Å². The van der Waals surface area contributed by atoms with E-state index in [0.717, 1.165) is 12.0 Å². The van der Waals surface area contributed by atoms with Crippen LogP contribution in [0.4, 0.5) is 0 Å². The van der Waals surface area contributed by atoms with E-state index >= 15 is 0 Å². The molecule has 76 valence electrons. The van der Waals surface area contributed by atoms with Crippen molar-refractivity contribution < 1.29 is 9.53 Å². The second-order valence-corrected chi connectivity index (χ2v) is 3.49. The van der Waals surface area contributed by atoms with Gasteiger partial charge in [-0.15, -0.1) is 0 Å². The first kappa shape index (κ1) is 12.4. The van der Waals surface area contributed by atoms with E-state index in [0.29, 0.717) is 5.92 Å². The summed E-state index contributed by atoms with van der Waals surface area (Å²) >= 11 is 0. The Labute approximate surface area is 81.0 Å². The Balaban J connectivity index is 4.43. The topological polar surface area (TPSA) is 26.3 Å². The molecule has 2 unspecified atom stereocenters. The van der Waals surface area contributed by atoms with E-state index in [9.17, 15) is 4.79 Å². The number of ketones is 1. The molecule has 0 saturated heterocycles. The lowest BCUT2D eigenvalue weighted by Crippen LogP contribution is -2.18. The Bertz CT molecular complexity index is 194. The number of hydrogen-bond donors (Lipinski definition) is 0. The number of ether oxygens (including phenoxy) is 1. The standard InChI is InChI=1S/C11H20O2/c1-6-8(2)11(13-5)7-9(3)10(4)12/h7-8,11H,6H2,1-5H3. The Morgan fingerprint density at radius 3 is 2.31 bits per heavy atom. The Hall–Kier alpha value is -0.630. The van der Waals surface area contributed by atoms with E-state index in [2.05, 4.69) is 13.8 Å². The van der Waals surface area contributed by atoms with E-state index in [1.807, 2.05) is 13.0 Å². The minimum Gasteiger partial charge on any atom is -0.377 e. The summed E-state index contributed by atoms with van der Waals surface area (Å²) in [6.45, 7) is 7.65. The second kappa shape index (κ2) is 5.92. The van der Waals surface area contributed by atoms with E-state index < -0.39 is 0 Å². The summed E-state index contributed by atoms with van der Waals surface area (Å²) in [5, 5.41) is 0. The van der Waals surface area contributed by atoms with Gasteiger partial charge in [0.15, 0.2) is 5.78 Å². The molecule has 0 radical (unpaired) electrons. The zero-order chi connectivity index (χ0) is 10.4. The first-order chi connectivity index (χ1) is 6.02.